The summed E-state index contributed by atoms with van der Waals surface area (Å²) in [7, 11) is 0. The summed E-state index contributed by atoms with van der Waals surface area (Å²) in [5.41, 5.74) is 4.00. The minimum Gasteiger partial charge on any atom is -0.345 e. The fourth-order valence-electron chi connectivity index (χ4n) is 1.88. The van der Waals surface area contributed by atoms with E-state index < -0.39 is 0 Å². The van der Waals surface area contributed by atoms with Crippen LogP contribution in [0.5, 0.6) is 0 Å². The molecule has 0 saturated carbocycles. The Morgan fingerprint density at radius 2 is 2.06 bits per heavy atom. The van der Waals surface area contributed by atoms with Crippen molar-refractivity contribution in [3.8, 4) is 0 Å². The summed E-state index contributed by atoms with van der Waals surface area (Å²) >= 11 is 1.67. The van der Waals surface area contributed by atoms with Crippen LogP contribution in [0.15, 0.2) is 23.6 Å². The van der Waals surface area contributed by atoms with E-state index in [9.17, 15) is 0 Å². The smallest absolute Gasteiger partial charge is 0.116 e. The second-order valence-electron chi connectivity index (χ2n) is 3.56. The normalized spacial score (nSPS) is 11.4. The van der Waals surface area contributed by atoms with Gasteiger partial charge < -0.3 is 4.98 Å². The van der Waals surface area contributed by atoms with Gasteiger partial charge in [-0.25, -0.2) is 15.0 Å². The molecule has 0 saturated heterocycles. The van der Waals surface area contributed by atoms with Gasteiger partial charge in [0.15, 0.2) is 0 Å². The van der Waals surface area contributed by atoms with Gasteiger partial charge in [0, 0.05) is 11.1 Å². The highest BCUT2D eigenvalue weighted by Gasteiger charge is 2.11. The van der Waals surface area contributed by atoms with E-state index in [-0.39, 0.29) is 0 Å². The van der Waals surface area contributed by atoms with Crippen molar-refractivity contribution in [3.63, 3.8) is 0 Å². The Kier molecular flexibility index (Phi) is 2.07. The number of hydrogen-bond acceptors (Lipinski definition) is 4. The molecule has 16 heavy (non-hydrogen) atoms. The van der Waals surface area contributed by atoms with Gasteiger partial charge in [0.2, 0.25) is 0 Å². The minimum absolute atomic E-state index is 0.984. The van der Waals surface area contributed by atoms with Crippen LogP contribution < -0.4 is 0 Å². The molecule has 4 nitrogen and oxygen atoms in total. The van der Waals surface area contributed by atoms with Crippen molar-refractivity contribution in [2.45, 2.75) is 11.8 Å². The van der Waals surface area contributed by atoms with Crippen LogP contribution in [-0.4, -0.2) is 26.2 Å². The summed E-state index contributed by atoms with van der Waals surface area (Å²) in [5.74, 6) is 0. The molecule has 0 atom stereocenters. The average Bonchev–Trinajstić information content (AvgIpc) is 2.75. The molecule has 0 aliphatic carbocycles. The monoisotopic (exact) mass is 230 g/mol. The first-order chi connectivity index (χ1) is 7.81. The summed E-state index contributed by atoms with van der Waals surface area (Å²) in [6, 6.07) is 2.06. The van der Waals surface area contributed by atoms with Gasteiger partial charge in [-0.2, -0.15) is 0 Å². The Balaban J connectivity index is 2.59. The van der Waals surface area contributed by atoms with E-state index in [0.29, 0.717) is 0 Å². The highest BCUT2D eigenvalue weighted by atomic mass is 32.2. The van der Waals surface area contributed by atoms with E-state index in [1.165, 1.54) is 0 Å². The molecule has 0 bridgehead atoms. The Labute approximate surface area is 96.5 Å². The first-order valence-electron chi connectivity index (χ1n) is 4.92. The molecule has 2 aromatic heterocycles. The van der Waals surface area contributed by atoms with Crippen LogP contribution in [0.2, 0.25) is 0 Å². The number of nitrogens with one attached hydrogen (secondary N) is 1. The zero-order valence-corrected chi connectivity index (χ0v) is 9.80. The van der Waals surface area contributed by atoms with Crippen LogP contribution >= 0.6 is 11.8 Å². The van der Waals surface area contributed by atoms with Gasteiger partial charge in [0.05, 0.1) is 22.3 Å². The molecule has 0 aliphatic heterocycles. The van der Waals surface area contributed by atoms with E-state index in [1.54, 1.807) is 24.4 Å². The van der Waals surface area contributed by atoms with Crippen molar-refractivity contribution >= 4 is 33.7 Å². The summed E-state index contributed by atoms with van der Waals surface area (Å²) < 4.78 is 0. The molecule has 0 fully saturated rings. The summed E-state index contributed by atoms with van der Waals surface area (Å²) in [4.78, 5) is 17.2. The highest BCUT2D eigenvalue weighted by Crippen LogP contribution is 2.32. The van der Waals surface area contributed by atoms with Gasteiger partial charge in [0.1, 0.15) is 11.8 Å². The summed E-state index contributed by atoms with van der Waals surface area (Å²) in [6.07, 6.45) is 5.36. The summed E-state index contributed by atoms with van der Waals surface area (Å²) in [5, 5.41) is 1.09. The van der Waals surface area contributed by atoms with Gasteiger partial charge >= 0.3 is 0 Å². The Morgan fingerprint density at radius 3 is 2.88 bits per heavy atom. The lowest BCUT2D eigenvalue weighted by molar-refractivity contribution is 1.14. The number of benzene rings is 1. The molecule has 3 rings (SSSR count). The second kappa shape index (κ2) is 3.45. The lowest BCUT2D eigenvalue weighted by atomic mass is 10.2. The van der Waals surface area contributed by atoms with Crippen molar-refractivity contribution in [2.24, 2.45) is 0 Å². The van der Waals surface area contributed by atoms with Crippen molar-refractivity contribution in [1.29, 1.82) is 0 Å². The van der Waals surface area contributed by atoms with E-state index in [1.807, 2.05) is 13.2 Å². The zero-order chi connectivity index (χ0) is 11.1. The zero-order valence-electron chi connectivity index (χ0n) is 8.98. The average molecular weight is 230 g/mol. The van der Waals surface area contributed by atoms with Gasteiger partial charge in [-0.1, -0.05) is 0 Å². The van der Waals surface area contributed by atoms with Gasteiger partial charge in [0.25, 0.3) is 0 Å². The predicted molar refractivity (Wildman–Crippen MR) is 65.7 cm³/mol. The topological polar surface area (TPSA) is 54.5 Å². The van der Waals surface area contributed by atoms with Crippen LogP contribution in [0.3, 0.4) is 0 Å². The largest absolute Gasteiger partial charge is 0.345 e. The second-order valence-corrected chi connectivity index (χ2v) is 4.38. The lowest BCUT2D eigenvalue weighted by Gasteiger charge is -2.05. The fraction of sp³-hybridized carbons (Fsp3) is 0.182. The third-order valence-electron chi connectivity index (χ3n) is 2.67. The van der Waals surface area contributed by atoms with Gasteiger partial charge in [-0.3, -0.25) is 0 Å². The molecule has 0 unspecified atom stereocenters. The lowest BCUT2D eigenvalue weighted by Crippen LogP contribution is -1.90. The van der Waals surface area contributed by atoms with Crippen LogP contribution in [-0.2, 0) is 0 Å². The number of fused-ring (bicyclic) bond motifs is 2. The predicted octanol–water partition coefficient (Wildman–Crippen LogP) is 2.54. The SMILES string of the molecule is CSc1c2nc[nH]c2cc2c(C)ncnc12. The van der Waals surface area contributed by atoms with Crippen LogP contribution in [0.4, 0.5) is 0 Å². The molecule has 0 aliphatic rings. The number of aryl methyl sites for hydroxylation is 1. The molecule has 5 heteroatoms. The molecular formula is C11H10N4S. The number of H-pyrrole nitrogens is 1. The summed E-state index contributed by atoms with van der Waals surface area (Å²) in [6.45, 7) is 2.00. The van der Waals surface area contributed by atoms with Crippen LogP contribution in [0, 0.1) is 6.92 Å². The number of aromatic nitrogens is 4. The number of thioether (sulfide) groups is 1. The fourth-order valence-corrected chi connectivity index (χ4v) is 2.59. The third-order valence-corrected chi connectivity index (χ3v) is 3.47. The quantitative estimate of drug-likeness (QED) is 0.653. The number of rotatable bonds is 1. The maximum absolute atomic E-state index is 4.36. The van der Waals surface area contributed by atoms with E-state index in [4.69, 9.17) is 0 Å². The third kappa shape index (κ3) is 1.21. The molecular weight excluding hydrogens is 220 g/mol. The molecule has 0 amide bonds. The van der Waals surface area contributed by atoms with E-state index >= 15 is 0 Å². The Bertz CT molecular complexity index is 674. The molecule has 80 valence electrons. The minimum atomic E-state index is 0.984. The first-order valence-corrected chi connectivity index (χ1v) is 6.15. The molecule has 3 aromatic rings. The van der Waals surface area contributed by atoms with Gasteiger partial charge in [-0.05, 0) is 19.2 Å². The first kappa shape index (κ1) is 9.59. The van der Waals surface area contributed by atoms with Crippen LogP contribution in [0.25, 0.3) is 21.9 Å². The number of hydrogen-bond donors (Lipinski definition) is 1. The molecule has 1 aromatic carbocycles. The Hall–Kier alpha value is -1.62. The van der Waals surface area contributed by atoms with E-state index in [2.05, 4.69) is 26.0 Å². The number of imidazole rings is 1. The molecule has 0 spiro atoms. The van der Waals surface area contributed by atoms with Crippen molar-refractivity contribution < 1.29 is 0 Å². The Morgan fingerprint density at radius 1 is 1.19 bits per heavy atom. The van der Waals surface area contributed by atoms with Crippen LogP contribution in [0.1, 0.15) is 5.69 Å². The number of nitrogens with zero attached hydrogens (tertiary/aromatic N) is 3. The maximum atomic E-state index is 4.36. The highest BCUT2D eigenvalue weighted by molar-refractivity contribution is 7.99. The standard InChI is InChI=1S/C11H10N4S/c1-6-7-3-8-10(15-5-13-8)11(16-2)9(7)14-4-12-6/h3-5H,1-2H3,(H,13,15). The molecule has 1 N–H and O–H groups in total. The van der Waals surface area contributed by atoms with Gasteiger partial charge in [-0.15, -0.1) is 11.8 Å². The maximum Gasteiger partial charge on any atom is 0.116 e. The molecule has 0 radical (unpaired) electrons. The van der Waals surface area contributed by atoms with E-state index in [0.717, 1.165) is 32.5 Å². The molecule has 2 heterocycles. The van der Waals surface area contributed by atoms with Crippen molar-refractivity contribution in [1.82, 2.24) is 19.9 Å². The van der Waals surface area contributed by atoms with Crippen molar-refractivity contribution in [3.05, 3.63) is 24.4 Å². The number of aromatic amines is 1. The van der Waals surface area contributed by atoms with Crippen molar-refractivity contribution in [2.75, 3.05) is 6.26 Å².